The van der Waals surface area contributed by atoms with Gasteiger partial charge in [0.2, 0.25) is 0 Å². The van der Waals surface area contributed by atoms with E-state index in [0.29, 0.717) is 18.6 Å². The minimum atomic E-state index is -0.812. The number of rotatable bonds is 7. The first kappa shape index (κ1) is 17.3. The summed E-state index contributed by atoms with van der Waals surface area (Å²) in [6.07, 6.45) is 5.09. The minimum Gasteiger partial charge on any atom is -0.484 e. The van der Waals surface area contributed by atoms with Crippen LogP contribution in [0, 0.1) is 5.41 Å². The second-order valence-corrected chi connectivity index (χ2v) is 6.21. The number of benzene rings is 1. The molecule has 0 saturated heterocycles. The normalized spacial score (nSPS) is 16.6. The summed E-state index contributed by atoms with van der Waals surface area (Å²) in [4.78, 5) is 23.5. The molecule has 0 bridgehead atoms. The number of carboxylic acids is 1. The molecule has 1 aliphatic rings. The number of carbonyl (C=O) groups is 2. The lowest BCUT2D eigenvalue weighted by Gasteiger charge is -2.33. The molecule has 0 atom stereocenters. The van der Waals surface area contributed by atoms with Crippen molar-refractivity contribution in [1.82, 2.24) is 5.32 Å². The maximum Gasteiger partial charge on any atom is 0.311 e. The molecule has 0 radical (unpaired) electrons. The van der Waals surface area contributed by atoms with Crippen molar-refractivity contribution in [2.24, 2.45) is 5.41 Å². The molecule has 23 heavy (non-hydrogen) atoms. The lowest BCUT2D eigenvalue weighted by atomic mass is 9.74. The van der Waals surface area contributed by atoms with E-state index >= 15 is 0 Å². The molecule has 1 aliphatic carbocycles. The summed E-state index contributed by atoms with van der Waals surface area (Å²) in [5.41, 5.74) is 0.402. The highest BCUT2D eigenvalue weighted by molar-refractivity contribution is 5.80. The lowest BCUT2D eigenvalue weighted by molar-refractivity contribution is -0.151. The van der Waals surface area contributed by atoms with Crippen LogP contribution in [-0.2, 0) is 16.0 Å². The summed E-state index contributed by atoms with van der Waals surface area (Å²) >= 11 is 0. The topological polar surface area (TPSA) is 75.6 Å². The van der Waals surface area contributed by atoms with E-state index < -0.39 is 11.4 Å². The molecule has 0 heterocycles. The average Bonchev–Trinajstić information content (AvgIpc) is 2.59. The van der Waals surface area contributed by atoms with Crippen molar-refractivity contribution in [1.29, 1.82) is 0 Å². The third-order valence-corrected chi connectivity index (χ3v) is 4.59. The first-order chi connectivity index (χ1) is 11.1. The zero-order chi connectivity index (χ0) is 16.7. The predicted octanol–water partition coefficient (Wildman–Crippen LogP) is 2.78. The summed E-state index contributed by atoms with van der Waals surface area (Å²) in [6, 6.07) is 7.61. The lowest BCUT2D eigenvalue weighted by Crippen LogP contribution is -2.45. The first-order valence-corrected chi connectivity index (χ1v) is 8.27. The summed E-state index contributed by atoms with van der Waals surface area (Å²) in [5.74, 6) is -0.452. The van der Waals surface area contributed by atoms with Gasteiger partial charge in [0, 0.05) is 6.54 Å². The van der Waals surface area contributed by atoms with Gasteiger partial charge in [0.05, 0.1) is 5.41 Å². The van der Waals surface area contributed by atoms with Crippen LogP contribution in [0.3, 0.4) is 0 Å². The number of hydrogen-bond donors (Lipinski definition) is 2. The van der Waals surface area contributed by atoms with Crippen LogP contribution < -0.4 is 10.1 Å². The Labute approximate surface area is 137 Å². The van der Waals surface area contributed by atoms with E-state index in [2.05, 4.69) is 12.2 Å². The van der Waals surface area contributed by atoms with Gasteiger partial charge in [-0.3, -0.25) is 9.59 Å². The van der Waals surface area contributed by atoms with Crippen LogP contribution in [0.25, 0.3) is 0 Å². The highest BCUT2D eigenvalue weighted by Gasteiger charge is 2.39. The Hall–Kier alpha value is -2.04. The molecule has 0 spiro atoms. The smallest absolute Gasteiger partial charge is 0.311 e. The molecule has 5 nitrogen and oxygen atoms in total. The SMILES string of the molecule is CCc1ccc(OCC(=O)NCC2(C(=O)O)CCCCC2)cc1. The van der Waals surface area contributed by atoms with Crippen molar-refractivity contribution >= 4 is 11.9 Å². The van der Waals surface area contributed by atoms with Crippen LogP contribution in [0.15, 0.2) is 24.3 Å². The van der Waals surface area contributed by atoms with Crippen LogP contribution in [0.4, 0.5) is 0 Å². The van der Waals surface area contributed by atoms with Crippen molar-refractivity contribution in [3.63, 3.8) is 0 Å². The third-order valence-electron chi connectivity index (χ3n) is 4.59. The molecule has 1 aromatic carbocycles. The highest BCUT2D eigenvalue weighted by Crippen LogP contribution is 2.35. The second kappa shape index (κ2) is 7.99. The summed E-state index contributed by atoms with van der Waals surface area (Å²) < 4.78 is 5.44. The molecule has 126 valence electrons. The molecular formula is C18H25NO4. The predicted molar refractivity (Wildman–Crippen MR) is 87.5 cm³/mol. The molecule has 1 amide bonds. The van der Waals surface area contributed by atoms with E-state index in [1.165, 1.54) is 5.56 Å². The van der Waals surface area contributed by atoms with Crippen LogP contribution in [-0.4, -0.2) is 30.1 Å². The molecule has 1 aromatic rings. The van der Waals surface area contributed by atoms with Gasteiger partial charge in [0.1, 0.15) is 5.75 Å². The Morgan fingerprint density at radius 1 is 1.17 bits per heavy atom. The molecule has 2 N–H and O–H groups in total. The van der Waals surface area contributed by atoms with Crippen LogP contribution in [0.1, 0.15) is 44.6 Å². The maximum atomic E-state index is 11.9. The fraction of sp³-hybridized carbons (Fsp3) is 0.556. The summed E-state index contributed by atoms with van der Waals surface area (Å²) in [6.45, 7) is 2.16. The van der Waals surface area contributed by atoms with E-state index in [-0.39, 0.29) is 19.1 Å². The van der Waals surface area contributed by atoms with Crippen LogP contribution in [0.2, 0.25) is 0 Å². The molecule has 1 fully saturated rings. The molecule has 5 heteroatoms. The number of nitrogens with one attached hydrogen (secondary N) is 1. The van der Waals surface area contributed by atoms with E-state index in [4.69, 9.17) is 4.74 Å². The van der Waals surface area contributed by atoms with Crippen molar-refractivity contribution in [3.8, 4) is 5.75 Å². The van der Waals surface area contributed by atoms with Gasteiger partial charge in [0.15, 0.2) is 6.61 Å². The van der Waals surface area contributed by atoms with Gasteiger partial charge in [-0.15, -0.1) is 0 Å². The summed E-state index contributed by atoms with van der Waals surface area (Å²) in [5, 5.41) is 12.2. The molecule has 2 rings (SSSR count). The van der Waals surface area contributed by atoms with Crippen molar-refractivity contribution in [2.45, 2.75) is 45.4 Å². The number of aliphatic carboxylic acids is 1. The number of carboxylic acid groups (broad SMARTS) is 1. The molecule has 0 aliphatic heterocycles. The first-order valence-electron chi connectivity index (χ1n) is 8.27. The molecule has 0 aromatic heterocycles. The van der Waals surface area contributed by atoms with Crippen molar-refractivity contribution in [2.75, 3.05) is 13.2 Å². The maximum absolute atomic E-state index is 11.9. The molecule has 0 unspecified atom stereocenters. The van der Waals surface area contributed by atoms with Gasteiger partial charge >= 0.3 is 5.97 Å². The van der Waals surface area contributed by atoms with Gasteiger partial charge in [-0.25, -0.2) is 0 Å². The molecular weight excluding hydrogens is 294 g/mol. The molecule has 1 saturated carbocycles. The number of carbonyl (C=O) groups excluding carboxylic acids is 1. The number of amides is 1. The van der Waals surface area contributed by atoms with Crippen molar-refractivity contribution < 1.29 is 19.4 Å². The van der Waals surface area contributed by atoms with E-state index in [1.807, 2.05) is 24.3 Å². The van der Waals surface area contributed by atoms with Gasteiger partial charge in [-0.2, -0.15) is 0 Å². The van der Waals surface area contributed by atoms with Gasteiger partial charge in [-0.05, 0) is 37.0 Å². The largest absolute Gasteiger partial charge is 0.484 e. The van der Waals surface area contributed by atoms with Crippen molar-refractivity contribution in [3.05, 3.63) is 29.8 Å². The van der Waals surface area contributed by atoms with Gasteiger partial charge in [-0.1, -0.05) is 38.3 Å². The Morgan fingerprint density at radius 3 is 2.39 bits per heavy atom. The average molecular weight is 319 g/mol. The Morgan fingerprint density at radius 2 is 1.83 bits per heavy atom. The quantitative estimate of drug-likeness (QED) is 0.810. The minimum absolute atomic E-state index is 0.0961. The summed E-state index contributed by atoms with van der Waals surface area (Å²) in [7, 11) is 0. The van der Waals surface area contributed by atoms with Gasteiger partial charge in [0.25, 0.3) is 5.91 Å². The number of hydrogen-bond acceptors (Lipinski definition) is 3. The zero-order valence-corrected chi connectivity index (χ0v) is 13.6. The number of aryl methyl sites for hydroxylation is 1. The Bertz CT molecular complexity index is 532. The Balaban J connectivity index is 1.80. The monoisotopic (exact) mass is 319 g/mol. The Kier molecular flexibility index (Phi) is 6.02. The standard InChI is InChI=1S/C18H25NO4/c1-2-14-6-8-15(9-7-14)23-12-16(20)19-13-18(17(21)22)10-4-3-5-11-18/h6-9H,2-5,10-13H2,1H3,(H,19,20)(H,21,22). The van der Waals surface area contributed by atoms with E-state index in [9.17, 15) is 14.7 Å². The van der Waals surface area contributed by atoms with Crippen LogP contribution >= 0.6 is 0 Å². The highest BCUT2D eigenvalue weighted by atomic mass is 16.5. The van der Waals surface area contributed by atoms with Crippen LogP contribution in [0.5, 0.6) is 5.75 Å². The number of ether oxygens (including phenoxy) is 1. The second-order valence-electron chi connectivity index (χ2n) is 6.21. The fourth-order valence-electron chi connectivity index (χ4n) is 2.98. The van der Waals surface area contributed by atoms with Gasteiger partial charge < -0.3 is 15.2 Å². The fourth-order valence-corrected chi connectivity index (χ4v) is 2.98. The van der Waals surface area contributed by atoms with E-state index in [0.717, 1.165) is 25.7 Å². The third kappa shape index (κ3) is 4.71. The van der Waals surface area contributed by atoms with E-state index in [1.54, 1.807) is 0 Å². The zero-order valence-electron chi connectivity index (χ0n) is 13.6.